The van der Waals surface area contributed by atoms with Gasteiger partial charge >= 0.3 is 30.3 Å². The number of benzene rings is 5. The number of esters is 1. The zero-order valence-electron chi connectivity index (χ0n) is 65.0. The third-order valence-corrected chi connectivity index (χ3v) is 18.1. The smallest absolute Gasteiger partial charge is 0.475 e. The highest BCUT2D eigenvalue weighted by molar-refractivity contribution is 6.01. The molecule has 118 heavy (non-hydrogen) atoms. The van der Waals surface area contributed by atoms with E-state index in [1.54, 1.807) is 64.1 Å². The number of aliphatic hydroxyl groups excluding tert-OH is 4. The Hall–Kier alpha value is -12.1. The van der Waals surface area contributed by atoms with Crippen LogP contribution in [0.15, 0.2) is 120 Å². The number of primary amides is 1. The molecule has 0 aliphatic carbocycles. The molecule has 5 aromatic rings. The van der Waals surface area contributed by atoms with Crippen LogP contribution in [0.4, 0.5) is 26.3 Å². The van der Waals surface area contributed by atoms with Crippen molar-refractivity contribution in [1.82, 2.24) is 53.2 Å². The van der Waals surface area contributed by atoms with Crippen LogP contribution in [0.25, 0.3) is 21.5 Å². The number of carboxylic acids is 2. The van der Waals surface area contributed by atoms with Gasteiger partial charge in [-0.25, -0.2) is 14.4 Å². The van der Waals surface area contributed by atoms with Crippen molar-refractivity contribution in [3.05, 3.63) is 132 Å². The SMILES string of the molecule is CC[C@H](C)[C@@H]1NC(=O)[C@@H](CCCN=C(N)N)NC(=O)[C@H](CC(C)C)NC(=O)[C@H]([C@H](O)C(C)C)NC(=O)[C@@H](NC(=O)[C@H](Cc2cccc3ccccc23)NC(=O)[C@H](N)Cc2ccc3ccccc3c2)[C@@H](c2ccccc2)OC(=O)[C@H](CO)NC(=O)[C@H]([C@H](O)C(N)=O)NC(=O)CNC(=O)[C@H]([C@H](C)O)NC1=O.O=C(O)C(F)(F)F.O=C(O)C(F)(F)F. The van der Waals surface area contributed by atoms with E-state index < -0.39 is 211 Å². The van der Waals surface area contributed by atoms with Crippen molar-refractivity contribution in [3.63, 3.8) is 0 Å². The van der Waals surface area contributed by atoms with E-state index in [0.717, 1.165) is 23.1 Å². The number of aliphatic imine (C=N–C) groups is 1. The maximum atomic E-state index is 15.8. The number of cyclic esters (lactones) is 1. The Morgan fingerprint density at radius 3 is 1.67 bits per heavy atom. The van der Waals surface area contributed by atoms with Crippen LogP contribution in [0.5, 0.6) is 0 Å². The number of alkyl halides is 6. The van der Waals surface area contributed by atoms with E-state index in [0.29, 0.717) is 16.5 Å². The Morgan fingerprint density at radius 2 is 1.11 bits per heavy atom. The van der Waals surface area contributed by atoms with E-state index in [9.17, 15) is 89.9 Å². The summed E-state index contributed by atoms with van der Waals surface area (Å²) in [4.78, 5) is 196. The summed E-state index contributed by atoms with van der Waals surface area (Å²) in [6.45, 7) is 8.21. The Morgan fingerprint density at radius 1 is 0.585 bits per heavy atom. The van der Waals surface area contributed by atoms with E-state index in [1.165, 1.54) is 44.2 Å². The van der Waals surface area contributed by atoms with Crippen LogP contribution < -0.4 is 76.1 Å². The number of nitrogens with zero attached hydrogens (tertiary/aromatic N) is 1. The van der Waals surface area contributed by atoms with E-state index in [1.807, 2.05) is 53.8 Å². The molecule has 1 aliphatic heterocycles. The van der Waals surface area contributed by atoms with Crippen LogP contribution in [-0.4, -0.2) is 230 Å². The lowest BCUT2D eigenvalue weighted by Crippen LogP contribution is -2.64. The lowest BCUT2D eigenvalue weighted by atomic mass is 9.95. The normalized spacial score (nSPS) is 21.5. The van der Waals surface area contributed by atoms with E-state index in [-0.39, 0.29) is 56.6 Å². The van der Waals surface area contributed by atoms with Gasteiger partial charge in [-0.3, -0.25) is 57.7 Å². The van der Waals surface area contributed by atoms with Gasteiger partial charge < -0.3 is 111 Å². The number of hydrogen-bond acceptors (Lipinski definition) is 21. The highest BCUT2D eigenvalue weighted by atomic mass is 19.4. The summed E-state index contributed by atoms with van der Waals surface area (Å²) in [7, 11) is 0. The van der Waals surface area contributed by atoms with Crippen LogP contribution in [0, 0.1) is 17.8 Å². The first-order valence-electron chi connectivity index (χ1n) is 36.8. The molecule has 1 fully saturated rings. The first-order valence-corrected chi connectivity index (χ1v) is 36.8. The van der Waals surface area contributed by atoms with Gasteiger partial charge in [0, 0.05) is 13.0 Å². The molecule has 0 aromatic heterocycles. The molecular weight excluding hydrogens is 1570 g/mol. The number of rotatable bonds is 23. The number of fused-ring (bicyclic) bond motifs is 2. The van der Waals surface area contributed by atoms with Crippen molar-refractivity contribution in [2.75, 3.05) is 19.7 Å². The third-order valence-electron chi connectivity index (χ3n) is 18.1. The summed E-state index contributed by atoms with van der Waals surface area (Å²) in [5.41, 5.74) is 24.3. The minimum Gasteiger partial charge on any atom is -0.475 e. The number of carbonyl (C=O) groups excluding carboxylic acids is 12. The number of nitrogens with one attached hydrogen (secondary N) is 10. The number of carboxylic acid groups (broad SMARTS) is 2. The molecule has 1 aliphatic rings. The van der Waals surface area contributed by atoms with Crippen LogP contribution in [0.3, 0.4) is 0 Å². The van der Waals surface area contributed by atoms with Crippen molar-refractivity contribution < 1.29 is 129 Å². The van der Waals surface area contributed by atoms with E-state index >= 15 is 14.4 Å². The first-order chi connectivity index (χ1) is 55.2. The van der Waals surface area contributed by atoms with Gasteiger partial charge in [0.15, 0.2) is 24.2 Å². The molecule has 646 valence electrons. The summed E-state index contributed by atoms with van der Waals surface area (Å²) in [6.07, 6.45) is -18.9. The number of halogens is 6. The van der Waals surface area contributed by atoms with E-state index in [4.69, 9.17) is 47.5 Å². The van der Waals surface area contributed by atoms with Crippen molar-refractivity contribution in [2.45, 2.75) is 184 Å². The molecule has 36 nitrogen and oxygen atoms in total. The minimum absolute atomic E-state index is 0.0201. The monoisotopic (exact) mass is 1670 g/mol. The van der Waals surface area contributed by atoms with Gasteiger partial charge in [-0.05, 0) is 88.6 Å². The Balaban J connectivity index is 0.00000191. The molecule has 0 radical (unpaired) electrons. The van der Waals surface area contributed by atoms with Gasteiger partial charge in [0.2, 0.25) is 65.0 Å². The topological polar surface area (TPSA) is 606 Å². The predicted octanol–water partition coefficient (Wildman–Crippen LogP) is -1.47. The molecule has 0 bridgehead atoms. The molecule has 24 N–H and O–H groups in total. The maximum absolute atomic E-state index is 15.8. The van der Waals surface area contributed by atoms with Gasteiger partial charge in [0.05, 0.1) is 31.4 Å². The van der Waals surface area contributed by atoms with Gasteiger partial charge in [0.1, 0.15) is 48.3 Å². The molecule has 0 unspecified atom stereocenters. The number of aliphatic hydroxyl groups is 4. The lowest BCUT2D eigenvalue weighted by molar-refractivity contribution is -0.193. The highest BCUT2D eigenvalue weighted by Crippen LogP contribution is 2.27. The van der Waals surface area contributed by atoms with Crippen molar-refractivity contribution in [3.8, 4) is 0 Å². The molecule has 6 rings (SSSR count). The second-order valence-electron chi connectivity index (χ2n) is 28.1. The molecule has 11 amide bonds. The predicted molar refractivity (Wildman–Crippen MR) is 410 cm³/mol. The Labute approximate surface area is 671 Å². The molecule has 1 heterocycles. The Bertz CT molecular complexity index is 4340. The van der Waals surface area contributed by atoms with Crippen LogP contribution in [-0.2, 0) is 84.7 Å². The zero-order valence-corrected chi connectivity index (χ0v) is 65.0. The minimum atomic E-state index is -5.08. The van der Waals surface area contributed by atoms with Crippen molar-refractivity contribution in [1.29, 1.82) is 0 Å². The second kappa shape index (κ2) is 46.0. The van der Waals surface area contributed by atoms with Gasteiger partial charge in [-0.15, -0.1) is 0 Å². The van der Waals surface area contributed by atoms with Crippen molar-refractivity contribution >= 4 is 110 Å². The first kappa shape index (κ1) is 98.2. The van der Waals surface area contributed by atoms with Gasteiger partial charge in [-0.2, -0.15) is 26.3 Å². The molecule has 5 aromatic carbocycles. The third kappa shape index (κ3) is 30.8. The summed E-state index contributed by atoms with van der Waals surface area (Å²) in [5, 5.41) is 86.6. The molecule has 0 saturated carbocycles. The fourth-order valence-electron chi connectivity index (χ4n) is 11.5. The second-order valence-corrected chi connectivity index (χ2v) is 28.1. The van der Waals surface area contributed by atoms with Crippen LogP contribution >= 0.6 is 0 Å². The fourth-order valence-corrected chi connectivity index (χ4v) is 11.5. The molecule has 15 atom stereocenters. The largest absolute Gasteiger partial charge is 0.490 e. The Kier molecular flexibility index (Phi) is 38.3. The summed E-state index contributed by atoms with van der Waals surface area (Å²) in [5.74, 6) is -22.7. The van der Waals surface area contributed by atoms with Gasteiger partial charge in [-0.1, -0.05) is 163 Å². The average molecular weight is 1670 g/mol. The van der Waals surface area contributed by atoms with Crippen molar-refractivity contribution in [2.24, 2.45) is 45.7 Å². The standard InChI is InChI=1S/C72H97N15O17.2C2HF3O2/c1-8-38(6)53-67(99)85-54(39(7)89)66(98)78-34-52(90)83-56(59(92)61(74)93)69(101)82-51(35-88)71(103)104-60(43-20-10-9-11-21-43)57(70(102)86-55(58(91)37(4)5)68(100)81-49(30-36(2)3)64(96)79-48(63(95)84-53)26-17-29-77-72(75)76)87-65(97)50(33-45-24-16-23-42-19-14-15-25-46(42)45)80-62(94)47(73)32-40-27-28-41-18-12-13-22-44(41)31-40;2*3-2(4,5)1(6)7/h9-16,18-25,27-28,31,36-39,47-51,53-60,88-89,91-92H,8,17,26,29-30,32-35,73H2,1-7H3,(H2,74,93)(H,78,98)(H,79,96)(H,80,94)(H,81,100)(H,82,101)(H,83,90)(H,84,95)(H,85,99)(H,86,102)(H,87,97)(H4,75,76,77);2*(H,6,7)/t38-,39-,47+,48+,49-,50-,51-,53-,54-,55-,56-,57-,58+,59-,60+;;/m0../s1. The number of amides is 11. The summed E-state index contributed by atoms with van der Waals surface area (Å²) in [6, 6.07) is 14.0. The van der Waals surface area contributed by atoms with Crippen LogP contribution in [0.2, 0.25) is 0 Å². The quantitative estimate of drug-likeness (QED) is 0.0117. The number of nitrogens with two attached hydrogens (primary N) is 4. The van der Waals surface area contributed by atoms with E-state index in [2.05, 4.69) is 52.8 Å². The number of ether oxygens (including phenoxy) is 1. The van der Waals surface area contributed by atoms with Crippen LogP contribution in [0.1, 0.15) is 96.9 Å². The lowest BCUT2D eigenvalue weighted by Gasteiger charge is -2.33. The number of carbonyl (C=O) groups is 14. The highest BCUT2D eigenvalue weighted by Gasteiger charge is 2.45. The number of hydrogen-bond donors (Lipinski definition) is 20. The van der Waals surface area contributed by atoms with Gasteiger partial charge in [0.25, 0.3) is 0 Å². The molecular formula is C76H99F6N15O21. The molecule has 1 saturated heterocycles. The maximum Gasteiger partial charge on any atom is 0.490 e. The molecule has 0 spiro atoms. The summed E-state index contributed by atoms with van der Waals surface area (Å²) < 4.78 is 69.5. The zero-order chi connectivity index (χ0) is 88.8. The fraction of sp³-hybridized carbons (Fsp3) is 0.461. The number of guanidine groups is 1. The summed E-state index contributed by atoms with van der Waals surface area (Å²) >= 11 is 0. The average Bonchev–Trinajstić information content (AvgIpc) is 0.805. The molecule has 42 heteroatoms. The number of aliphatic carboxylic acids is 2.